The van der Waals surface area contributed by atoms with Crippen molar-refractivity contribution < 1.29 is 5.11 Å². The molecule has 0 amide bonds. The zero-order chi connectivity index (χ0) is 15.5. The SMILES string of the molecule is CC(=CCO)c1ccc(-c2ccc(C(C)(C)C)cc2)cc1. The Morgan fingerprint density at radius 1 is 0.905 bits per heavy atom. The standard InChI is InChI=1S/C20H24O/c1-15(13-14-21)16-5-7-17(8-6-16)18-9-11-19(12-10-18)20(2,3)4/h5-13,21H,14H2,1-4H3. The highest BCUT2D eigenvalue weighted by Gasteiger charge is 2.12. The average molecular weight is 280 g/mol. The van der Waals surface area contributed by atoms with E-state index in [2.05, 4.69) is 69.3 Å². The molecule has 0 heterocycles. The number of allylic oxidation sites excluding steroid dienone is 1. The highest BCUT2D eigenvalue weighted by atomic mass is 16.2. The van der Waals surface area contributed by atoms with E-state index in [1.807, 2.05) is 13.0 Å². The molecule has 0 bridgehead atoms. The van der Waals surface area contributed by atoms with Crippen LogP contribution in [0.4, 0.5) is 0 Å². The van der Waals surface area contributed by atoms with Crippen LogP contribution in [0, 0.1) is 0 Å². The first-order valence-electron chi connectivity index (χ1n) is 7.41. The molecule has 0 radical (unpaired) electrons. The van der Waals surface area contributed by atoms with E-state index in [-0.39, 0.29) is 12.0 Å². The molecule has 2 aromatic rings. The van der Waals surface area contributed by atoms with E-state index in [1.54, 1.807) is 0 Å². The van der Waals surface area contributed by atoms with Gasteiger partial charge < -0.3 is 5.11 Å². The predicted octanol–water partition coefficient (Wildman–Crippen LogP) is 5.05. The number of aliphatic hydroxyl groups excluding tert-OH is 1. The summed E-state index contributed by atoms with van der Waals surface area (Å²) >= 11 is 0. The Kier molecular flexibility index (Phi) is 4.64. The van der Waals surface area contributed by atoms with Crippen molar-refractivity contribution in [2.24, 2.45) is 0 Å². The fourth-order valence-electron chi connectivity index (χ4n) is 2.34. The van der Waals surface area contributed by atoms with Crippen molar-refractivity contribution in [2.45, 2.75) is 33.1 Å². The molecule has 0 spiro atoms. The molecule has 2 rings (SSSR count). The van der Waals surface area contributed by atoms with Crippen LogP contribution in [-0.2, 0) is 5.41 Å². The second-order valence-electron chi connectivity index (χ2n) is 6.47. The smallest absolute Gasteiger partial charge is 0.0618 e. The van der Waals surface area contributed by atoms with Crippen molar-refractivity contribution in [3.05, 3.63) is 65.7 Å². The highest BCUT2D eigenvalue weighted by molar-refractivity contribution is 5.69. The molecule has 0 unspecified atom stereocenters. The molecule has 0 saturated heterocycles. The molecule has 2 aromatic carbocycles. The first-order chi connectivity index (χ1) is 9.91. The van der Waals surface area contributed by atoms with Gasteiger partial charge in [-0.2, -0.15) is 0 Å². The van der Waals surface area contributed by atoms with Gasteiger partial charge in [-0.1, -0.05) is 75.4 Å². The summed E-state index contributed by atoms with van der Waals surface area (Å²) in [5.74, 6) is 0. The van der Waals surface area contributed by atoms with Crippen molar-refractivity contribution in [1.82, 2.24) is 0 Å². The van der Waals surface area contributed by atoms with Crippen LogP contribution in [0.1, 0.15) is 38.8 Å². The molecule has 0 saturated carbocycles. The molecule has 1 N–H and O–H groups in total. The third-order valence-electron chi connectivity index (χ3n) is 3.82. The summed E-state index contributed by atoms with van der Waals surface area (Å²) in [7, 11) is 0. The van der Waals surface area contributed by atoms with Crippen LogP contribution < -0.4 is 0 Å². The van der Waals surface area contributed by atoms with Gasteiger partial charge in [0.25, 0.3) is 0 Å². The molecule has 0 aliphatic heterocycles. The summed E-state index contributed by atoms with van der Waals surface area (Å²) in [6.45, 7) is 8.79. The minimum Gasteiger partial charge on any atom is -0.392 e. The second kappa shape index (κ2) is 6.28. The Balaban J connectivity index is 2.25. The minimum absolute atomic E-state index is 0.0852. The molecule has 0 atom stereocenters. The van der Waals surface area contributed by atoms with Gasteiger partial charge in [0.1, 0.15) is 0 Å². The molecular formula is C20H24O. The number of hydrogen-bond acceptors (Lipinski definition) is 1. The maximum Gasteiger partial charge on any atom is 0.0618 e. The molecule has 21 heavy (non-hydrogen) atoms. The average Bonchev–Trinajstić information content (AvgIpc) is 2.47. The summed E-state index contributed by atoms with van der Waals surface area (Å²) in [6.07, 6.45) is 1.83. The molecule has 110 valence electrons. The van der Waals surface area contributed by atoms with Crippen molar-refractivity contribution in [3.63, 3.8) is 0 Å². The van der Waals surface area contributed by atoms with Crippen LogP contribution in [0.3, 0.4) is 0 Å². The van der Waals surface area contributed by atoms with E-state index < -0.39 is 0 Å². The van der Waals surface area contributed by atoms with Gasteiger partial charge in [-0.3, -0.25) is 0 Å². The van der Waals surface area contributed by atoms with E-state index >= 15 is 0 Å². The lowest BCUT2D eigenvalue weighted by Crippen LogP contribution is -2.10. The summed E-state index contributed by atoms with van der Waals surface area (Å²) in [5, 5.41) is 8.95. The van der Waals surface area contributed by atoms with Gasteiger partial charge in [-0.25, -0.2) is 0 Å². The molecule has 1 nitrogen and oxygen atoms in total. The summed E-state index contributed by atoms with van der Waals surface area (Å²) in [4.78, 5) is 0. The Labute approximate surface area is 128 Å². The largest absolute Gasteiger partial charge is 0.392 e. The van der Waals surface area contributed by atoms with Gasteiger partial charge in [0.05, 0.1) is 6.61 Å². The lowest BCUT2D eigenvalue weighted by atomic mass is 9.86. The highest BCUT2D eigenvalue weighted by Crippen LogP contribution is 2.27. The maximum absolute atomic E-state index is 8.95. The minimum atomic E-state index is 0.0852. The van der Waals surface area contributed by atoms with Crippen LogP contribution in [0.25, 0.3) is 16.7 Å². The van der Waals surface area contributed by atoms with E-state index in [0.717, 1.165) is 11.1 Å². The normalized spacial score (nSPS) is 12.5. The number of aliphatic hydroxyl groups is 1. The van der Waals surface area contributed by atoms with Gasteiger partial charge in [0.15, 0.2) is 0 Å². The van der Waals surface area contributed by atoms with E-state index in [9.17, 15) is 0 Å². The predicted molar refractivity (Wildman–Crippen MR) is 91.3 cm³/mol. The first-order valence-corrected chi connectivity index (χ1v) is 7.41. The number of benzene rings is 2. The third kappa shape index (κ3) is 3.83. The van der Waals surface area contributed by atoms with Crippen molar-refractivity contribution in [1.29, 1.82) is 0 Å². The molecule has 0 aliphatic carbocycles. The number of rotatable bonds is 3. The Bertz CT molecular complexity index is 610. The van der Waals surface area contributed by atoms with E-state index in [0.29, 0.717) is 0 Å². The zero-order valence-electron chi connectivity index (χ0n) is 13.4. The molecule has 1 heteroatoms. The van der Waals surface area contributed by atoms with Gasteiger partial charge in [-0.15, -0.1) is 0 Å². The second-order valence-corrected chi connectivity index (χ2v) is 6.47. The Morgan fingerprint density at radius 2 is 1.38 bits per heavy atom. The van der Waals surface area contributed by atoms with Gasteiger partial charge in [0.2, 0.25) is 0 Å². The van der Waals surface area contributed by atoms with Crippen LogP contribution in [0.15, 0.2) is 54.6 Å². The maximum atomic E-state index is 8.95. The van der Waals surface area contributed by atoms with Crippen molar-refractivity contribution >= 4 is 5.57 Å². The summed E-state index contributed by atoms with van der Waals surface area (Å²) in [5.41, 5.74) is 6.25. The quantitative estimate of drug-likeness (QED) is 0.834. The van der Waals surface area contributed by atoms with E-state index in [4.69, 9.17) is 5.11 Å². The lowest BCUT2D eigenvalue weighted by Gasteiger charge is -2.19. The monoisotopic (exact) mass is 280 g/mol. The van der Waals surface area contributed by atoms with Gasteiger partial charge in [-0.05, 0) is 40.2 Å². The molecule has 0 aromatic heterocycles. The Hall–Kier alpha value is -1.86. The Morgan fingerprint density at radius 3 is 1.81 bits per heavy atom. The lowest BCUT2D eigenvalue weighted by molar-refractivity contribution is 0.343. The van der Waals surface area contributed by atoms with Crippen LogP contribution >= 0.6 is 0 Å². The van der Waals surface area contributed by atoms with Crippen molar-refractivity contribution in [2.75, 3.05) is 6.61 Å². The van der Waals surface area contributed by atoms with Crippen LogP contribution in [0.2, 0.25) is 0 Å². The first kappa shape index (κ1) is 15.5. The molecular weight excluding hydrogens is 256 g/mol. The van der Waals surface area contributed by atoms with Crippen molar-refractivity contribution in [3.8, 4) is 11.1 Å². The zero-order valence-corrected chi connectivity index (χ0v) is 13.4. The van der Waals surface area contributed by atoms with Crippen LogP contribution in [0.5, 0.6) is 0 Å². The number of hydrogen-bond donors (Lipinski definition) is 1. The van der Waals surface area contributed by atoms with E-state index in [1.165, 1.54) is 16.7 Å². The fourth-order valence-corrected chi connectivity index (χ4v) is 2.34. The summed E-state index contributed by atoms with van der Waals surface area (Å²) < 4.78 is 0. The molecule has 0 aliphatic rings. The third-order valence-corrected chi connectivity index (χ3v) is 3.82. The van der Waals surface area contributed by atoms with Crippen LogP contribution in [-0.4, -0.2) is 11.7 Å². The molecule has 0 fully saturated rings. The fraction of sp³-hybridized carbons (Fsp3) is 0.300. The topological polar surface area (TPSA) is 20.2 Å². The van der Waals surface area contributed by atoms with Gasteiger partial charge in [0, 0.05) is 0 Å². The van der Waals surface area contributed by atoms with Gasteiger partial charge >= 0.3 is 0 Å². The summed E-state index contributed by atoms with van der Waals surface area (Å²) in [6, 6.07) is 17.3.